The minimum Gasteiger partial charge on any atom is -0.488 e. The minimum absolute atomic E-state index is 0.429. The van der Waals surface area contributed by atoms with E-state index >= 15 is 0 Å². The van der Waals surface area contributed by atoms with Crippen molar-refractivity contribution in [3.8, 4) is 11.8 Å². The molecular weight excluding hydrogens is 474 g/mol. The van der Waals surface area contributed by atoms with E-state index in [2.05, 4.69) is 38.0 Å². The summed E-state index contributed by atoms with van der Waals surface area (Å²) in [6.45, 7) is 2.46. The highest BCUT2D eigenvalue weighted by Crippen LogP contribution is 2.32. The Hall–Kier alpha value is -3.88. The number of aromatic amines is 1. The zero-order valence-electron chi connectivity index (χ0n) is 18.0. The first kappa shape index (κ1) is 21.0. The molecule has 160 valence electrons. The molecule has 4 aromatic carbocycles. The van der Waals surface area contributed by atoms with Gasteiger partial charge in [-0.3, -0.25) is 0 Å². The number of hydrogen-bond donors (Lipinski definition) is 1. The van der Waals surface area contributed by atoms with Crippen LogP contribution in [0.1, 0.15) is 22.5 Å². The van der Waals surface area contributed by atoms with Gasteiger partial charge in [-0.1, -0.05) is 64.5 Å². The number of nitrogens with zero attached hydrogens (tertiary/aromatic N) is 2. The topological polar surface area (TPSA) is 61.7 Å². The van der Waals surface area contributed by atoms with Crippen molar-refractivity contribution in [3.63, 3.8) is 0 Å². The van der Waals surface area contributed by atoms with Gasteiger partial charge in [0.1, 0.15) is 24.3 Å². The van der Waals surface area contributed by atoms with E-state index in [1.54, 1.807) is 0 Å². The molecule has 1 N–H and O–H groups in total. The van der Waals surface area contributed by atoms with Crippen LogP contribution < -0.4 is 4.74 Å². The first-order valence-electron chi connectivity index (χ1n) is 10.6. The van der Waals surface area contributed by atoms with Crippen molar-refractivity contribution in [1.29, 1.82) is 5.26 Å². The van der Waals surface area contributed by atoms with Gasteiger partial charge in [-0.2, -0.15) is 5.26 Å². The number of nitrogens with one attached hydrogen (secondary N) is 1. The lowest BCUT2D eigenvalue weighted by Crippen LogP contribution is -1.98. The van der Waals surface area contributed by atoms with Crippen LogP contribution in [0.5, 0.6) is 5.75 Å². The summed E-state index contributed by atoms with van der Waals surface area (Å²) < 4.78 is 7.26. The molecule has 0 aliphatic heterocycles. The van der Waals surface area contributed by atoms with Gasteiger partial charge in [0.2, 0.25) is 0 Å². The molecule has 0 radical (unpaired) electrons. The van der Waals surface area contributed by atoms with Crippen LogP contribution in [0.4, 0.5) is 0 Å². The molecule has 0 unspecified atom stereocenters. The Morgan fingerprint density at radius 3 is 2.70 bits per heavy atom. The first-order chi connectivity index (χ1) is 16.1. The van der Waals surface area contributed by atoms with Crippen molar-refractivity contribution in [2.75, 3.05) is 0 Å². The monoisotopic (exact) mass is 493 g/mol. The number of allylic oxidation sites excluding steroid dienone is 1. The number of rotatable bonds is 5. The molecule has 0 saturated heterocycles. The number of halogens is 1. The first-order valence-corrected chi connectivity index (χ1v) is 11.4. The van der Waals surface area contributed by atoms with E-state index in [0.717, 1.165) is 48.7 Å². The van der Waals surface area contributed by atoms with Crippen molar-refractivity contribution >= 4 is 49.4 Å². The summed E-state index contributed by atoms with van der Waals surface area (Å²) in [7, 11) is 0. The van der Waals surface area contributed by atoms with Crippen LogP contribution in [-0.4, -0.2) is 9.97 Å². The van der Waals surface area contributed by atoms with Crippen LogP contribution >= 0.6 is 15.9 Å². The van der Waals surface area contributed by atoms with Crippen LogP contribution in [-0.2, 0) is 6.61 Å². The van der Waals surface area contributed by atoms with Gasteiger partial charge in [0.15, 0.2) is 0 Å². The molecule has 33 heavy (non-hydrogen) atoms. The van der Waals surface area contributed by atoms with Crippen molar-refractivity contribution in [3.05, 3.63) is 106 Å². The molecule has 0 bridgehead atoms. The van der Waals surface area contributed by atoms with Gasteiger partial charge < -0.3 is 9.72 Å². The molecule has 5 heteroatoms. The summed E-state index contributed by atoms with van der Waals surface area (Å²) in [6, 6.07) is 28.5. The van der Waals surface area contributed by atoms with E-state index in [1.807, 2.05) is 85.8 Å². The molecule has 5 aromatic rings. The predicted octanol–water partition coefficient (Wildman–Crippen LogP) is 7.43. The third-order valence-electron chi connectivity index (χ3n) is 5.54. The number of nitriles is 1. The summed E-state index contributed by atoms with van der Waals surface area (Å²) in [5.74, 6) is 1.27. The highest BCUT2D eigenvalue weighted by molar-refractivity contribution is 9.10. The second-order valence-electron chi connectivity index (χ2n) is 7.89. The van der Waals surface area contributed by atoms with Gasteiger partial charge in [0.25, 0.3) is 0 Å². The van der Waals surface area contributed by atoms with Crippen LogP contribution in [0.15, 0.2) is 83.3 Å². The van der Waals surface area contributed by atoms with Crippen molar-refractivity contribution in [2.24, 2.45) is 0 Å². The molecule has 5 rings (SSSR count). The van der Waals surface area contributed by atoms with Crippen LogP contribution in [0.3, 0.4) is 0 Å². The van der Waals surface area contributed by atoms with E-state index in [1.165, 1.54) is 0 Å². The van der Waals surface area contributed by atoms with E-state index < -0.39 is 0 Å². The van der Waals surface area contributed by atoms with Crippen molar-refractivity contribution < 1.29 is 4.74 Å². The molecule has 0 aliphatic rings. The van der Waals surface area contributed by atoms with Gasteiger partial charge in [0.05, 0.1) is 16.6 Å². The second-order valence-corrected chi connectivity index (χ2v) is 8.81. The maximum atomic E-state index is 9.99. The molecule has 0 saturated carbocycles. The van der Waals surface area contributed by atoms with Crippen molar-refractivity contribution in [1.82, 2.24) is 9.97 Å². The number of hydrogen-bond acceptors (Lipinski definition) is 3. The molecule has 0 amide bonds. The van der Waals surface area contributed by atoms with Gasteiger partial charge >= 0.3 is 0 Å². The molecule has 0 aliphatic carbocycles. The van der Waals surface area contributed by atoms with Crippen LogP contribution in [0.25, 0.3) is 33.5 Å². The number of fused-ring (bicyclic) bond motifs is 2. The standard InChI is InChI=1S/C28H20BrN3O/c1-18-6-12-25-26(14-18)32-28(31-25)21(16-30)15-24-23-5-3-2-4-20(23)9-13-27(24)33-17-19-7-10-22(29)11-8-19/h2-15H,17H2,1H3,(H,31,32). The third-order valence-corrected chi connectivity index (χ3v) is 6.07. The largest absolute Gasteiger partial charge is 0.488 e. The number of H-pyrrole nitrogens is 1. The molecule has 1 aromatic heterocycles. The van der Waals surface area contributed by atoms with Crippen LogP contribution in [0.2, 0.25) is 0 Å². The highest BCUT2D eigenvalue weighted by Gasteiger charge is 2.13. The lowest BCUT2D eigenvalue weighted by atomic mass is 10.0. The SMILES string of the molecule is Cc1ccc2nc(C(C#N)=Cc3c(OCc4ccc(Br)cc4)ccc4ccccc34)[nH]c2c1. The second kappa shape index (κ2) is 8.93. The molecule has 4 nitrogen and oxygen atoms in total. The fourth-order valence-electron chi connectivity index (χ4n) is 3.84. The lowest BCUT2D eigenvalue weighted by molar-refractivity contribution is 0.306. The number of aromatic nitrogens is 2. The molecule has 0 atom stereocenters. The van der Waals surface area contributed by atoms with Crippen molar-refractivity contribution in [2.45, 2.75) is 13.5 Å². The Bertz CT molecular complexity index is 1540. The van der Waals surface area contributed by atoms with E-state index in [0.29, 0.717) is 18.0 Å². The Kier molecular flexibility index (Phi) is 5.68. The summed E-state index contributed by atoms with van der Waals surface area (Å²) in [4.78, 5) is 7.93. The maximum absolute atomic E-state index is 9.99. The zero-order chi connectivity index (χ0) is 22.8. The number of aryl methyl sites for hydroxylation is 1. The molecule has 1 heterocycles. The Morgan fingerprint density at radius 2 is 1.88 bits per heavy atom. The lowest BCUT2D eigenvalue weighted by Gasteiger charge is -2.13. The fraction of sp³-hybridized carbons (Fsp3) is 0.0714. The Morgan fingerprint density at radius 1 is 1.06 bits per heavy atom. The predicted molar refractivity (Wildman–Crippen MR) is 137 cm³/mol. The third kappa shape index (κ3) is 4.39. The van der Waals surface area contributed by atoms with Crippen LogP contribution in [0, 0.1) is 18.3 Å². The summed E-state index contributed by atoms with van der Waals surface area (Å²) >= 11 is 3.47. The average Bonchev–Trinajstić information content (AvgIpc) is 3.25. The quantitative estimate of drug-likeness (QED) is 0.259. The number of imidazole rings is 1. The van der Waals surface area contributed by atoms with E-state index in [4.69, 9.17) is 4.74 Å². The van der Waals surface area contributed by atoms with Gasteiger partial charge in [-0.25, -0.2) is 4.98 Å². The van der Waals surface area contributed by atoms with Gasteiger partial charge in [-0.15, -0.1) is 0 Å². The molecule has 0 fully saturated rings. The van der Waals surface area contributed by atoms with E-state index in [9.17, 15) is 5.26 Å². The van der Waals surface area contributed by atoms with Gasteiger partial charge in [0, 0.05) is 10.0 Å². The normalized spacial score (nSPS) is 11.6. The smallest absolute Gasteiger partial charge is 0.149 e. The number of ether oxygens (including phenoxy) is 1. The van der Waals surface area contributed by atoms with Gasteiger partial charge in [-0.05, 0) is 65.2 Å². The Labute approximate surface area is 200 Å². The number of benzene rings is 4. The Balaban J connectivity index is 1.59. The summed E-state index contributed by atoms with van der Waals surface area (Å²) in [6.07, 6.45) is 1.86. The zero-order valence-corrected chi connectivity index (χ0v) is 19.6. The minimum atomic E-state index is 0.429. The molecular formula is C28H20BrN3O. The fourth-order valence-corrected chi connectivity index (χ4v) is 4.11. The summed E-state index contributed by atoms with van der Waals surface area (Å²) in [5, 5.41) is 12.1. The maximum Gasteiger partial charge on any atom is 0.149 e. The molecule has 0 spiro atoms. The highest BCUT2D eigenvalue weighted by atomic mass is 79.9. The van der Waals surface area contributed by atoms with E-state index in [-0.39, 0.29) is 0 Å². The average molecular weight is 494 g/mol. The summed E-state index contributed by atoms with van der Waals surface area (Å²) in [5.41, 5.74) is 5.26.